The highest BCUT2D eigenvalue weighted by molar-refractivity contribution is 7.92. The molecule has 3 aromatic rings. The quantitative estimate of drug-likeness (QED) is 0.648. The molecule has 148 valence electrons. The molecule has 0 bridgehead atoms. The lowest BCUT2D eigenvalue weighted by atomic mass is 10.2. The zero-order chi connectivity index (χ0) is 20.8. The topological polar surface area (TPSA) is 75.7 Å². The molecule has 0 spiro atoms. The second-order valence-electron chi connectivity index (χ2n) is 6.61. The number of para-hydroxylation sites is 1. The van der Waals surface area contributed by atoms with Crippen molar-refractivity contribution < 1.29 is 17.9 Å². The summed E-state index contributed by atoms with van der Waals surface area (Å²) >= 11 is 5.99. The fraction of sp³-hybridized carbons (Fsp3) is 0.0952. The maximum absolute atomic E-state index is 13.2. The number of sulfonamides is 1. The van der Waals surface area contributed by atoms with Crippen LogP contribution >= 0.6 is 11.6 Å². The minimum Gasteiger partial charge on any atom is -0.454 e. The normalized spacial score (nSPS) is 12.9. The van der Waals surface area contributed by atoms with Crippen molar-refractivity contribution in [2.75, 3.05) is 16.7 Å². The van der Waals surface area contributed by atoms with Crippen LogP contribution < -0.4 is 14.4 Å². The Balaban J connectivity index is 1.76. The number of anilines is 2. The number of nitrogens with zero attached hydrogens (tertiary/aromatic N) is 1. The largest absolute Gasteiger partial charge is 0.454 e. The number of aryl methyl sites for hydroxylation is 1. The molecule has 0 fully saturated rings. The molecule has 0 saturated carbocycles. The third kappa shape index (κ3) is 3.43. The van der Waals surface area contributed by atoms with Crippen LogP contribution in [0.3, 0.4) is 0 Å². The van der Waals surface area contributed by atoms with E-state index in [2.05, 4.69) is 5.32 Å². The SMILES string of the molecule is Cc1ccccc1N(C)S(=O)(=O)c1ccc2c(c1)C(=O)Nc1cc(Cl)ccc1O2. The molecule has 0 radical (unpaired) electrons. The van der Waals surface area contributed by atoms with E-state index in [0.717, 1.165) is 5.56 Å². The third-order valence-corrected chi connectivity index (χ3v) is 6.72. The predicted molar refractivity (Wildman–Crippen MR) is 113 cm³/mol. The Morgan fingerprint density at radius 3 is 2.48 bits per heavy atom. The molecule has 1 N–H and O–H groups in total. The molecule has 3 aromatic carbocycles. The molecule has 1 amide bonds. The average Bonchev–Trinajstić information content (AvgIpc) is 2.83. The Hall–Kier alpha value is -3.03. The van der Waals surface area contributed by atoms with Crippen LogP contribution in [0.1, 0.15) is 15.9 Å². The van der Waals surface area contributed by atoms with Crippen LogP contribution in [0.25, 0.3) is 0 Å². The highest BCUT2D eigenvalue weighted by Gasteiger charge is 2.27. The number of benzene rings is 3. The first-order valence-electron chi connectivity index (χ1n) is 8.75. The Morgan fingerprint density at radius 1 is 1.00 bits per heavy atom. The van der Waals surface area contributed by atoms with Crippen molar-refractivity contribution in [3.8, 4) is 11.5 Å². The zero-order valence-corrected chi connectivity index (χ0v) is 17.2. The van der Waals surface area contributed by atoms with E-state index in [9.17, 15) is 13.2 Å². The zero-order valence-electron chi connectivity index (χ0n) is 15.6. The van der Waals surface area contributed by atoms with E-state index in [1.165, 1.54) is 29.6 Å². The molecule has 0 aliphatic carbocycles. The average molecular weight is 429 g/mol. The predicted octanol–water partition coefficient (Wildman–Crippen LogP) is 4.83. The number of nitrogens with one attached hydrogen (secondary N) is 1. The van der Waals surface area contributed by atoms with Gasteiger partial charge in [0.25, 0.3) is 15.9 Å². The summed E-state index contributed by atoms with van der Waals surface area (Å²) in [5, 5.41) is 3.16. The number of carbonyl (C=O) groups is 1. The van der Waals surface area contributed by atoms with Crippen molar-refractivity contribution >= 4 is 38.9 Å². The monoisotopic (exact) mass is 428 g/mol. The van der Waals surface area contributed by atoms with E-state index in [1.54, 1.807) is 30.3 Å². The fourth-order valence-electron chi connectivity index (χ4n) is 3.14. The van der Waals surface area contributed by atoms with Gasteiger partial charge in [0.15, 0.2) is 5.75 Å². The van der Waals surface area contributed by atoms with Crippen molar-refractivity contribution in [3.63, 3.8) is 0 Å². The van der Waals surface area contributed by atoms with E-state index in [4.69, 9.17) is 16.3 Å². The molecule has 6 nitrogen and oxygen atoms in total. The lowest BCUT2D eigenvalue weighted by Crippen LogP contribution is -2.27. The molecule has 0 unspecified atom stereocenters. The van der Waals surface area contributed by atoms with Gasteiger partial charge in [0, 0.05) is 12.1 Å². The van der Waals surface area contributed by atoms with Gasteiger partial charge in [0.05, 0.1) is 21.8 Å². The van der Waals surface area contributed by atoms with Crippen molar-refractivity contribution in [2.45, 2.75) is 11.8 Å². The van der Waals surface area contributed by atoms with Gasteiger partial charge in [-0.1, -0.05) is 29.8 Å². The van der Waals surface area contributed by atoms with Crippen LogP contribution in [0, 0.1) is 6.92 Å². The molecule has 0 saturated heterocycles. The molecule has 0 aromatic heterocycles. The Bertz CT molecular complexity index is 1240. The molecular formula is C21H17ClN2O4S. The van der Waals surface area contributed by atoms with Gasteiger partial charge in [-0.3, -0.25) is 9.10 Å². The number of hydrogen-bond donors (Lipinski definition) is 1. The number of hydrogen-bond acceptors (Lipinski definition) is 4. The van der Waals surface area contributed by atoms with Crippen LogP contribution in [0.15, 0.2) is 65.6 Å². The van der Waals surface area contributed by atoms with Crippen molar-refractivity contribution in [1.29, 1.82) is 0 Å². The van der Waals surface area contributed by atoms with Gasteiger partial charge >= 0.3 is 0 Å². The number of carbonyl (C=O) groups excluding carboxylic acids is 1. The molecule has 1 aliphatic rings. The van der Waals surface area contributed by atoms with Crippen LogP contribution in [0.2, 0.25) is 5.02 Å². The number of amides is 1. The lowest BCUT2D eigenvalue weighted by Gasteiger charge is -2.21. The van der Waals surface area contributed by atoms with Crippen LogP contribution in [0.5, 0.6) is 11.5 Å². The fourth-order valence-corrected chi connectivity index (χ4v) is 4.60. The minimum atomic E-state index is -3.88. The first-order valence-corrected chi connectivity index (χ1v) is 10.6. The Kier molecular flexibility index (Phi) is 4.72. The number of ether oxygens (including phenoxy) is 1. The van der Waals surface area contributed by atoms with Crippen molar-refractivity contribution in [3.05, 3.63) is 76.8 Å². The van der Waals surface area contributed by atoms with E-state index in [1.807, 2.05) is 19.1 Å². The van der Waals surface area contributed by atoms with Crippen molar-refractivity contribution in [1.82, 2.24) is 0 Å². The highest BCUT2D eigenvalue weighted by atomic mass is 35.5. The molecular weight excluding hydrogens is 412 g/mol. The number of fused-ring (bicyclic) bond motifs is 2. The molecule has 1 heterocycles. The van der Waals surface area contributed by atoms with Gasteiger partial charge in [0.2, 0.25) is 0 Å². The van der Waals surface area contributed by atoms with E-state index in [-0.39, 0.29) is 16.2 Å². The van der Waals surface area contributed by atoms with Crippen LogP contribution in [-0.2, 0) is 10.0 Å². The van der Waals surface area contributed by atoms with E-state index >= 15 is 0 Å². The second-order valence-corrected chi connectivity index (χ2v) is 9.02. The third-order valence-electron chi connectivity index (χ3n) is 4.72. The highest BCUT2D eigenvalue weighted by Crippen LogP contribution is 2.38. The van der Waals surface area contributed by atoms with Gasteiger partial charge in [-0.05, 0) is 55.0 Å². The van der Waals surface area contributed by atoms with Gasteiger partial charge in [-0.2, -0.15) is 0 Å². The molecule has 0 atom stereocenters. The first-order chi connectivity index (χ1) is 13.8. The molecule has 8 heteroatoms. The van der Waals surface area contributed by atoms with Crippen LogP contribution in [-0.4, -0.2) is 21.4 Å². The van der Waals surface area contributed by atoms with E-state index < -0.39 is 15.9 Å². The number of rotatable bonds is 3. The maximum Gasteiger partial charge on any atom is 0.264 e. The summed E-state index contributed by atoms with van der Waals surface area (Å²) in [5.41, 5.74) is 1.92. The Morgan fingerprint density at radius 2 is 1.72 bits per heavy atom. The molecule has 1 aliphatic heterocycles. The minimum absolute atomic E-state index is 0.00950. The Labute approximate surface area is 173 Å². The summed E-state index contributed by atoms with van der Waals surface area (Å²) in [6.45, 7) is 1.84. The van der Waals surface area contributed by atoms with E-state index in [0.29, 0.717) is 22.1 Å². The standard InChI is InChI=1S/C21H17ClN2O4S/c1-13-5-3-4-6-18(13)24(2)29(26,27)15-8-10-19-16(12-15)21(25)23-17-11-14(22)7-9-20(17)28-19/h3-12H,1-2H3,(H,23,25). The summed E-state index contributed by atoms with van der Waals surface area (Å²) in [4.78, 5) is 12.7. The van der Waals surface area contributed by atoms with Gasteiger partial charge < -0.3 is 10.1 Å². The van der Waals surface area contributed by atoms with Gasteiger partial charge in [-0.25, -0.2) is 8.42 Å². The maximum atomic E-state index is 13.2. The second kappa shape index (κ2) is 7.09. The summed E-state index contributed by atoms with van der Waals surface area (Å²) in [5.74, 6) is 0.215. The lowest BCUT2D eigenvalue weighted by molar-refractivity contribution is 0.102. The molecule has 4 rings (SSSR count). The first kappa shape index (κ1) is 19.3. The summed E-state index contributed by atoms with van der Waals surface area (Å²) in [6.07, 6.45) is 0. The summed E-state index contributed by atoms with van der Waals surface area (Å²) in [6, 6.07) is 16.3. The van der Waals surface area contributed by atoms with Gasteiger partial charge in [0.1, 0.15) is 5.75 Å². The van der Waals surface area contributed by atoms with Crippen molar-refractivity contribution in [2.24, 2.45) is 0 Å². The van der Waals surface area contributed by atoms with Crippen LogP contribution in [0.4, 0.5) is 11.4 Å². The smallest absolute Gasteiger partial charge is 0.264 e. The molecule has 29 heavy (non-hydrogen) atoms. The van der Waals surface area contributed by atoms with Gasteiger partial charge in [-0.15, -0.1) is 0 Å². The number of halogens is 1. The summed E-state index contributed by atoms with van der Waals surface area (Å²) in [7, 11) is -2.40. The summed E-state index contributed by atoms with van der Waals surface area (Å²) < 4.78 is 33.3.